The molecule has 0 aromatic rings. The molecular formula is C8H12O2. The summed E-state index contributed by atoms with van der Waals surface area (Å²) in [4.78, 5) is 0. The summed E-state index contributed by atoms with van der Waals surface area (Å²) in [5, 5.41) is 0. The Kier molecular flexibility index (Phi) is 1.42. The molecule has 0 aromatic carbocycles. The van der Waals surface area contributed by atoms with Crippen LogP contribution in [0.5, 0.6) is 0 Å². The molecule has 2 aliphatic heterocycles. The first-order valence-corrected chi connectivity index (χ1v) is 3.80. The minimum atomic E-state index is 0.324. The summed E-state index contributed by atoms with van der Waals surface area (Å²) < 4.78 is 10.6. The van der Waals surface area contributed by atoms with Gasteiger partial charge in [0.1, 0.15) is 12.2 Å². The highest BCUT2D eigenvalue weighted by Gasteiger charge is 2.38. The Morgan fingerprint density at radius 3 is 2.90 bits per heavy atom. The van der Waals surface area contributed by atoms with Crippen LogP contribution >= 0.6 is 0 Å². The van der Waals surface area contributed by atoms with E-state index in [0.29, 0.717) is 18.1 Å². The van der Waals surface area contributed by atoms with Crippen molar-refractivity contribution in [2.45, 2.75) is 25.6 Å². The highest BCUT2D eigenvalue weighted by molar-refractivity contribution is 4.93. The minimum Gasteiger partial charge on any atom is -0.495 e. The van der Waals surface area contributed by atoms with Crippen molar-refractivity contribution in [2.24, 2.45) is 5.92 Å². The van der Waals surface area contributed by atoms with Gasteiger partial charge in [0.25, 0.3) is 0 Å². The van der Waals surface area contributed by atoms with Crippen molar-refractivity contribution in [1.29, 1.82) is 0 Å². The zero-order valence-electron chi connectivity index (χ0n) is 6.12. The van der Waals surface area contributed by atoms with Crippen LogP contribution in [0, 0.1) is 5.92 Å². The third kappa shape index (κ3) is 1.03. The SMILES string of the molecule is C[C@@H]1CC=CO[C@H]1[C@H]1CO1. The van der Waals surface area contributed by atoms with E-state index in [-0.39, 0.29) is 0 Å². The Morgan fingerprint density at radius 2 is 2.30 bits per heavy atom. The first-order chi connectivity index (χ1) is 4.88. The lowest BCUT2D eigenvalue weighted by atomic mass is 9.97. The number of allylic oxidation sites excluding steroid dienone is 1. The van der Waals surface area contributed by atoms with Crippen molar-refractivity contribution in [3.8, 4) is 0 Å². The summed E-state index contributed by atoms with van der Waals surface area (Å²) in [6.07, 6.45) is 5.71. The maximum absolute atomic E-state index is 5.41. The Bertz CT molecular complexity index is 149. The summed E-state index contributed by atoms with van der Waals surface area (Å²) in [7, 11) is 0. The second kappa shape index (κ2) is 2.27. The zero-order valence-corrected chi connectivity index (χ0v) is 6.12. The Hall–Kier alpha value is -0.500. The molecule has 0 bridgehead atoms. The molecule has 2 heterocycles. The van der Waals surface area contributed by atoms with Crippen LogP contribution in [0.15, 0.2) is 12.3 Å². The van der Waals surface area contributed by atoms with E-state index in [4.69, 9.17) is 9.47 Å². The fraction of sp³-hybridized carbons (Fsp3) is 0.750. The minimum absolute atomic E-state index is 0.324. The predicted octanol–water partition coefficient (Wildman–Crippen LogP) is 1.32. The van der Waals surface area contributed by atoms with E-state index in [1.54, 1.807) is 6.26 Å². The first kappa shape index (κ1) is 6.23. The smallest absolute Gasteiger partial charge is 0.129 e. The van der Waals surface area contributed by atoms with Crippen molar-refractivity contribution >= 4 is 0 Å². The summed E-state index contributed by atoms with van der Waals surface area (Å²) >= 11 is 0. The second-order valence-corrected chi connectivity index (χ2v) is 3.06. The van der Waals surface area contributed by atoms with Gasteiger partial charge in [0, 0.05) is 0 Å². The highest BCUT2D eigenvalue weighted by Crippen LogP contribution is 2.28. The van der Waals surface area contributed by atoms with Gasteiger partial charge in [0.05, 0.1) is 12.9 Å². The maximum atomic E-state index is 5.41. The van der Waals surface area contributed by atoms with Gasteiger partial charge >= 0.3 is 0 Å². The molecule has 2 aliphatic rings. The number of hydrogen-bond acceptors (Lipinski definition) is 2. The lowest BCUT2D eigenvalue weighted by Gasteiger charge is -2.23. The highest BCUT2D eigenvalue weighted by atomic mass is 16.6. The van der Waals surface area contributed by atoms with Crippen molar-refractivity contribution in [2.75, 3.05) is 6.61 Å². The topological polar surface area (TPSA) is 21.8 Å². The van der Waals surface area contributed by atoms with E-state index in [1.807, 2.05) is 0 Å². The zero-order chi connectivity index (χ0) is 6.97. The summed E-state index contributed by atoms with van der Waals surface area (Å²) in [6.45, 7) is 3.10. The predicted molar refractivity (Wildman–Crippen MR) is 37.5 cm³/mol. The van der Waals surface area contributed by atoms with Gasteiger partial charge in [-0.3, -0.25) is 0 Å². The quantitative estimate of drug-likeness (QED) is 0.512. The van der Waals surface area contributed by atoms with E-state index in [9.17, 15) is 0 Å². The molecule has 3 atom stereocenters. The van der Waals surface area contributed by atoms with Gasteiger partial charge in [-0.25, -0.2) is 0 Å². The third-order valence-electron chi connectivity index (χ3n) is 2.13. The lowest BCUT2D eigenvalue weighted by Crippen LogP contribution is -2.27. The summed E-state index contributed by atoms with van der Waals surface area (Å²) in [6, 6.07) is 0. The van der Waals surface area contributed by atoms with E-state index < -0.39 is 0 Å². The molecule has 0 spiro atoms. The second-order valence-electron chi connectivity index (χ2n) is 3.06. The van der Waals surface area contributed by atoms with E-state index in [0.717, 1.165) is 13.0 Å². The summed E-state index contributed by atoms with van der Waals surface area (Å²) in [5.74, 6) is 0.623. The van der Waals surface area contributed by atoms with Gasteiger partial charge < -0.3 is 9.47 Å². The standard InChI is InChI=1S/C8H12O2/c1-6-3-2-4-9-8(6)7-5-10-7/h2,4,6-8H,3,5H2,1H3/t6-,7-,8-/m1/s1. The molecule has 0 amide bonds. The molecule has 0 radical (unpaired) electrons. The van der Waals surface area contributed by atoms with Gasteiger partial charge in [-0.05, 0) is 18.4 Å². The third-order valence-corrected chi connectivity index (χ3v) is 2.13. The van der Waals surface area contributed by atoms with Crippen LogP contribution in [0.25, 0.3) is 0 Å². The number of epoxide rings is 1. The van der Waals surface area contributed by atoms with Crippen molar-refractivity contribution in [3.05, 3.63) is 12.3 Å². The van der Waals surface area contributed by atoms with E-state index in [2.05, 4.69) is 13.0 Å². The lowest BCUT2D eigenvalue weighted by molar-refractivity contribution is 0.0544. The average molecular weight is 140 g/mol. The number of hydrogen-bond donors (Lipinski definition) is 0. The van der Waals surface area contributed by atoms with Gasteiger partial charge in [-0.2, -0.15) is 0 Å². The Balaban J connectivity index is 1.98. The molecular weight excluding hydrogens is 128 g/mol. The molecule has 0 aromatic heterocycles. The fourth-order valence-corrected chi connectivity index (χ4v) is 1.38. The molecule has 2 nitrogen and oxygen atoms in total. The van der Waals surface area contributed by atoms with Crippen molar-refractivity contribution in [3.63, 3.8) is 0 Å². The molecule has 2 rings (SSSR count). The van der Waals surface area contributed by atoms with Crippen molar-refractivity contribution < 1.29 is 9.47 Å². The monoisotopic (exact) mass is 140 g/mol. The molecule has 1 saturated heterocycles. The van der Waals surface area contributed by atoms with Crippen LogP contribution in [0.2, 0.25) is 0 Å². The molecule has 0 N–H and O–H groups in total. The molecule has 0 unspecified atom stereocenters. The van der Waals surface area contributed by atoms with Crippen LogP contribution in [0.3, 0.4) is 0 Å². The van der Waals surface area contributed by atoms with Crippen LogP contribution in [0.1, 0.15) is 13.3 Å². The normalized spacial score (nSPS) is 44.7. The van der Waals surface area contributed by atoms with Gasteiger partial charge in [0.15, 0.2) is 0 Å². The van der Waals surface area contributed by atoms with E-state index in [1.165, 1.54) is 0 Å². The summed E-state index contributed by atoms with van der Waals surface area (Å²) in [5.41, 5.74) is 0. The maximum Gasteiger partial charge on any atom is 0.129 e. The first-order valence-electron chi connectivity index (χ1n) is 3.80. The van der Waals surface area contributed by atoms with Gasteiger partial charge in [-0.15, -0.1) is 0 Å². The fourth-order valence-electron chi connectivity index (χ4n) is 1.38. The Labute approximate surface area is 60.8 Å². The number of rotatable bonds is 1. The van der Waals surface area contributed by atoms with Crippen LogP contribution in [-0.4, -0.2) is 18.8 Å². The van der Waals surface area contributed by atoms with Gasteiger partial charge in [0.2, 0.25) is 0 Å². The molecule has 0 saturated carbocycles. The average Bonchev–Trinajstić information content (AvgIpc) is 2.71. The van der Waals surface area contributed by atoms with Crippen LogP contribution in [0.4, 0.5) is 0 Å². The molecule has 10 heavy (non-hydrogen) atoms. The van der Waals surface area contributed by atoms with Crippen LogP contribution < -0.4 is 0 Å². The molecule has 1 fully saturated rings. The van der Waals surface area contributed by atoms with E-state index >= 15 is 0 Å². The number of ether oxygens (including phenoxy) is 2. The molecule has 2 heteroatoms. The van der Waals surface area contributed by atoms with Crippen LogP contribution in [-0.2, 0) is 9.47 Å². The van der Waals surface area contributed by atoms with Crippen molar-refractivity contribution in [1.82, 2.24) is 0 Å². The molecule has 56 valence electrons. The van der Waals surface area contributed by atoms with Gasteiger partial charge in [-0.1, -0.05) is 6.92 Å². The largest absolute Gasteiger partial charge is 0.495 e. The Morgan fingerprint density at radius 1 is 1.50 bits per heavy atom. The molecule has 0 aliphatic carbocycles.